The van der Waals surface area contributed by atoms with Gasteiger partial charge in [-0.1, -0.05) is 0 Å². The van der Waals surface area contributed by atoms with Crippen LogP contribution >= 0.6 is 0 Å². The molecule has 0 saturated heterocycles. The molecule has 20 heavy (non-hydrogen) atoms. The molecule has 0 spiro atoms. The number of nitriles is 1. The largest absolute Gasteiger partial charge is 0.480 e. The van der Waals surface area contributed by atoms with Gasteiger partial charge >= 0.3 is 5.97 Å². The van der Waals surface area contributed by atoms with Crippen LogP contribution in [0.2, 0.25) is 0 Å². The fourth-order valence-electron chi connectivity index (χ4n) is 2.09. The highest BCUT2D eigenvalue weighted by atomic mass is 32.2. The summed E-state index contributed by atoms with van der Waals surface area (Å²) in [4.78, 5) is 11.2. The lowest BCUT2D eigenvalue weighted by Gasteiger charge is -2.24. The van der Waals surface area contributed by atoms with Gasteiger partial charge in [-0.3, -0.25) is 4.79 Å². The third kappa shape index (κ3) is 2.07. The standard InChI is InChI=1S/C13H14N2O4S/c1-9-7-11(4-3-10(9)8-14)20(18,19)15(2)13(5-6-13)12(16)17/h3-4,7H,5-6H2,1-2H3,(H,16,17). The number of carbonyl (C=O) groups is 1. The number of sulfonamides is 1. The van der Waals surface area contributed by atoms with Gasteiger partial charge in [0.2, 0.25) is 10.0 Å². The van der Waals surface area contributed by atoms with Crippen molar-refractivity contribution in [2.75, 3.05) is 7.05 Å². The molecule has 0 radical (unpaired) electrons. The van der Waals surface area contributed by atoms with E-state index >= 15 is 0 Å². The minimum atomic E-state index is -3.88. The second-order valence-corrected chi connectivity index (χ2v) is 6.87. The molecule has 1 aromatic carbocycles. The minimum absolute atomic E-state index is 0.00373. The Hall–Kier alpha value is -1.91. The number of rotatable bonds is 4. The van der Waals surface area contributed by atoms with Crippen molar-refractivity contribution in [1.82, 2.24) is 4.31 Å². The first kappa shape index (κ1) is 14.5. The lowest BCUT2D eigenvalue weighted by Crippen LogP contribution is -2.44. The van der Waals surface area contributed by atoms with Crippen molar-refractivity contribution in [1.29, 1.82) is 5.26 Å². The van der Waals surface area contributed by atoms with Crippen molar-refractivity contribution < 1.29 is 18.3 Å². The predicted molar refractivity (Wildman–Crippen MR) is 70.4 cm³/mol. The normalized spacial score (nSPS) is 16.7. The number of hydrogen-bond donors (Lipinski definition) is 1. The van der Waals surface area contributed by atoms with Gasteiger partial charge in [-0.25, -0.2) is 8.42 Å². The SMILES string of the molecule is Cc1cc(S(=O)(=O)N(C)C2(C(=O)O)CC2)ccc1C#N. The van der Waals surface area contributed by atoms with Crippen LogP contribution in [0.15, 0.2) is 23.1 Å². The average molecular weight is 294 g/mol. The van der Waals surface area contributed by atoms with Crippen LogP contribution in [-0.4, -0.2) is 36.4 Å². The van der Waals surface area contributed by atoms with E-state index in [9.17, 15) is 18.3 Å². The van der Waals surface area contributed by atoms with E-state index in [0.29, 0.717) is 24.0 Å². The molecule has 0 unspecified atom stereocenters. The number of nitrogens with zero attached hydrogens (tertiary/aromatic N) is 2. The molecule has 0 aromatic heterocycles. The molecular weight excluding hydrogens is 280 g/mol. The summed E-state index contributed by atoms with van der Waals surface area (Å²) in [6.07, 6.45) is 0.626. The molecule has 0 amide bonds. The molecule has 0 aliphatic heterocycles. The molecule has 1 fully saturated rings. The van der Waals surface area contributed by atoms with Crippen LogP contribution in [0.4, 0.5) is 0 Å². The van der Waals surface area contributed by atoms with Crippen molar-refractivity contribution in [2.24, 2.45) is 0 Å². The van der Waals surface area contributed by atoms with E-state index < -0.39 is 21.5 Å². The maximum absolute atomic E-state index is 12.5. The zero-order valence-corrected chi connectivity index (χ0v) is 11.9. The minimum Gasteiger partial charge on any atom is -0.480 e. The summed E-state index contributed by atoms with van der Waals surface area (Å²) < 4.78 is 25.8. The quantitative estimate of drug-likeness (QED) is 0.896. The molecular formula is C13H14N2O4S. The van der Waals surface area contributed by atoms with Crippen molar-refractivity contribution >= 4 is 16.0 Å². The van der Waals surface area contributed by atoms with E-state index in [1.807, 2.05) is 6.07 Å². The highest BCUT2D eigenvalue weighted by Crippen LogP contribution is 2.43. The van der Waals surface area contributed by atoms with Crippen LogP contribution in [0, 0.1) is 18.3 Å². The monoisotopic (exact) mass is 294 g/mol. The Morgan fingerprint density at radius 3 is 2.45 bits per heavy atom. The van der Waals surface area contributed by atoms with Crippen LogP contribution in [0.25, 0.3) is 0 Å². The van der Waals surface area contributed by atoms with E-state index in [4.69, 9.17) is 5.26 Å². The number of benzene rings is 1. The summed E-state index contributed by atoms with van der Waals surface area (Å²) in [6, 6.07) is 6.11. The van der Waals surface area contributed by atoms with Crippen LogP contribution in [0.5, 0.6) is 0 Å². The number of hydrogen-bond acceptors (Lipinski definition) is 4. The van der Waals surface area contributed by atoms with Gasteiger partial charge in [0, 0.05) is 7.05 Å². The molecule has 1 aromatic rings. The summed E-state index contributed by atoms with van der Waals surface area (Å²) in [6.45, 7) is 1.64. The van der Waals surface area contributed by atoms with Crippen molar-refractivity contribution in [2.45, 2.75) is 30.2 Å². The first-order chi connectivity index (χ1) is 9.25. The van der Waals surface area contributed by atoms with Gasteiger partial charge in [0.25, 0.3) is 0 Å². The van der Waals surface area contributed by atoms with Crippen molar-refractivity contribution in [3.05, 3.63) is 29.3 Å². The van der Waals surface area contributed by atoms with Crippen molar-refractivity contribution in [3.63, 3.8) is 0 Å². The Morgan fingerprint density at radius 1 is 1.45 bits per heavy atom. The summed E-state index contributed by atoms with van der Waals surface area (Å²) in [7, 11) is -2.60. The van der Waals surface area contributed by atoms with Gasteiger partial charge in [-0.05, 0) is 43.5 Å². The summed E-state index contributed by atoms with van der Waals surface area (Å²) in [5.74, 6) is -1.13. The fraction of sp³-hybridized carbons (Fsp3) is 0.385. The highest BCUT2D eigenvalue weighted by molar-refractivity contribution is 7.89. The molecule has 1 aliphatic carbocycles. The van der Waals surface area contributed by atoms with Crippen molar-refractivity contribution in [3.8, 4) is 6.07 Å². The Bertz CT molecular complexity index is 714. The van der Waals surface area contributed by atoms with Crippen LogP contribution in [-0.2, 0) is 14.8 Å². The lowest BCUT2D eigenvalue weighted by molar-refractivity contribution is -0.142. The molecule has 2 rings (SSSR count). The molecule has 7 heteroatoms. The zero-order chi connectivity index (χ0) is 15.1. The molecule has 0 atom stereocenters. The Kier molecular flexibility index (Phi) is 3.32. The third-order valence-corrected chi connectivity index (χ3v) is 5.62. The number of carboxylic acid groups (broad SMARTS) is 1. The molecule has 6 nitrogen and oxygen atoms in total. The molecule has 1 N–H and O–H groups in total. The molecule has 0 heterocycles. The Balaban J connectivity index is 2.44. The predicted octanol–water partition coefficient (Wildman–Crippen LogP) is 1.10. The van der Waals surface area contributed by atoms with E-state index in [1.54, 1.807) is 6.92 Å². The van der Waals surface area contributed by atoms with E-state index in [1.165, 1.54) is 25.2 Å². The van der Waals surface area contributed by atoms with Crippen LogP contribution < -0.4 is 0 Å². The maximum Gasteiger partial charge on any atom is 0.325 e. The summed E-state index contributed by atoms with van der Waals surface area (Å²) >= 11 is 0. The van der Waals surface area contributed by atoms with Gasteiger partial charge in [-0.2, -0.15) is 9.57 Å². The first-order valence-corrected chi connectivity index (χ1v) is 7.43. The van der Waals surface area contributed by atoms with Gasteiger partial charge < -0.3 is 5.11 Å². The Labute approximate surface area is 117 Å². The molecule has 1 aliphatic rings. The van der Waals surface area contributed by atoms with E-state index in [2.05, 4.69) is 0 Å². The topological polar surface area (TPSA) is 98.5 Å². The van der Waals surface area contributed by atoms with Gasteiger partial charge in [0.05, 0.1) is 16.5 Å². The van der Waals surface area contributed by atoms with Gasteiger partial charge in [0.15, 0.2) is 0 Å². The molecule has 0 bridgehead atoms. The third-order valence-electron chi connectivity index (χ3n) is 3.70. The summed E-state index contributed by atoms with van der Waals surface area (Å²) in [5, 5.41) is 18.0. The second-order valence-electron chi connectivity index (χ2n) is 4.90. The smallest absolute Gasteiger partial charge is 0.325 e. The number of likely N-dealkylation sites (N-methyl/N-ethyl adjacent to an activating group) is 1. The maximum atomic E-state index is 12.5. The van der Waals surface area contributed by atoms with Gasteiger partial charge in [0.1, 0.15) is 5.54 Å². The number of carboxylic acids is 1. The van der Waals surface area contributed by atoms with Crippen LogP contribution in [0.1, 0.15) is 24.0 Å². The van der Waals surface area contributed by atoms with Gasteiger partial charge in [-0.15, -0.1) is 0 Å². The Morgan fingerprint density at radius 2 is 2.05 bits per heavy atom. The fourth-order valence-corrected chi connectivity index (χ4v) is 3.69. The van der Waals surface area contributed by atoms with E-state index in [0.717, 1.165) is 4.31 Å². The van der Waals surface area contributed by atoms with Crippen LogP contribution in [0.3, 0.4) is 0 Å². The molecule has 106 valence electrons. The molecule has 1 saturated carbocycles. The zero-order valence-electron chi connectivity index (χ0n) is 11.1. The number of aliphatic carboxylic acids is 1. The number of aryl methyl sites for hydroxylation is 1. The first-order valence-electron chi connectivity index (χ1n) is 5.99. The summed E-state index contributed by atoms with van der Waals surface area (Å²) in [5.41, 5.74) is -0.381. The van der Waals surface area contributed by atoms with E-state index in [-0.39, 0.29) is 4.90 Å². The highest BCUT2D eigenvalue weighted by Gasteiger charge is 2.57. The lowest BCUT2D eigenvalue weighted by atomic mass is 10.1. The second kappa shape index (κ2) is 4.58. The average Bonchev–Trinajstić information content (AvgIpc) is 3.19.